The average Bonchev–Trinajstić information content (AvgIpc) is 2.82. The number of aryl methyl sites for hydroxylation is 1. The molecule has 2 atom stereocenters. The van der Waals surface area contributed by atoms with Gasteiger partial charge in [-0.05, 0) is 51.0 Å². The number of hydrogen-bond donors (Lipinski definition) is 2. The van der Waals surface area contributed by atoms with Crippen LogP contribution < -0.4 is 10.9 Å². The van der Waals surface area contributed by atoms with Gasteiger partial charge in [0.05, 0.1) is 35.9 Å². The van der Waals surface area contributed by atoms with Crippen LogP contribution in [0.25, 0.3) is 11.0 Å². The number of hydrogen-bond acceptors (Lipinski definition) is 6. The van der Waals surface area contributed by atoms with E-state index in [0.717, 1.165) is 31.4 Å². The van der Waals surface area contributed by atoms with Crippen molar-refractivity contribution in [2.24, 2.45) is 0 Å². The number of H-pyrrole nitrogens is 1. The second-order valence-corrected chi connectivity index (χ2v) is 9.62. The third-order valence-electron chi connectivity index (χ3n) is 6.96. The third-order valence-corrected chi connectivity index (χ3v) is 6.96. The second kappa shape index (κ2) is 9.09. The van der Waals surface area contributed by atoms with Crippen molar-refractivity contribution in [2.45, 2.75) is 50.9 Å². The first-order valence-corrected chi connectivity index (χ1v) is 11.9. The van der Waals surface area contributed by atoms with Crippen molar-refractivity contribution in [1.29, 1.82) is 0 Å². The summed E-state index contributed by atoms with van der Waals surface area (Å²) < 4.78 is 62.2. The smallest absolute Gasteiger partial charge is 0.376 e. The van der Waals surface area contributed by atoms with E-state index in [-0.39, 0.29) is 45.2 Å². The third kappa shape index (κ3) is 4.77. The molecule has 2 saturated heterocycles. The normalized spacial score (nSPS) is 20.6. The SMILES string of the molecule is Cc1nc2nc(C(F)(F)F)c(C(C)Nc3ccc(C(=O)N4CCCC5(CCO5)C4)cc3F)cc2c(=O)[nH]1. The number of anilines is 1. The number of piperidine rings is 1. The molecule has 0 saturated carbocycles. The van der Waals surface area contributed by atoms with Gasteiger partial charge in [-0.3, -0.25) is 9.59 Å². The molecule has 0 radical (unpaired) electrons. The molecule has 0 bridgehead atoms. The summed E-state index contributed by atoms with van der Waals surface area (Å²) in [5, 5.41) is 2.61. The quantitative estimate of drug-likeness (QED) is 0.497. The van der Waals surface area contributed by atoms with Crippen molar-refractivity contribution in [3.05, 3.63) is 63.1 Å². The van der Waals surface area contributed by atoms with Crippen LogP contribution in [0.2, 0.25) is 0 Å². The Morgan fingerprint density at radius 3 is 2.65 bits per heavy atom. The number of nitrogens with one attached hydrogen (secondary N) is 2. The molecular weight excluding hydrogens is 494 g/mol. The Labute approximate surface area is 209 Å². The molecule has 2 unspecified atom stereocenters. The van der Waals surface area contributed by atoms with Gasteiger partial charge >= 0.3 is 6.18 Å². The lowest BCUT2D eigenvalue weighted by molar-refractivity contribution is -0.171. The summed E-state index contributed by atoms with van der Waals surface area (Å²) in [7, 11) is 0. The molecule has 2 aliphatic heterocycles. The van der Waals surface area contributed by atoms with Gasteiger partial charge in [0, 0.05) is 24.1 Å². The zero-order valence-electron chi connectivity index (χ0n) is 20.2. The molecule has 12 heteroatoms. The Bertz CT molecular complexity index is 1430. The van der Waals surface area contributed by atoms with Crippen LogP contribution in [-0.4, -0.2) is 51.1 Å². The zero-order valence-corrected chi connectivity index (χ0v) is 20.2. The van der Waals surface area contributed by atoms with Crippen molar-refractivity contribution in [3.8, 4) is 0 Å². The van der Waals surface area contributed by atoms with E-state index in [4.69, 9.17) is 4.74 Å². The number of rotatable bonds is 4. The first-order valence-electron chi connectivity index (χ1n) is 11.9. The highest BCUT2D eigenvalue weighted by Gasteiger charge is 2.43. The van der Waals surface area contributed by atoms with Crippen LogP contribution in [0.4, 0.5) is 23.2 Å². The number of likely N-dealkylation sites (tertiary alicyclic amines) is 1. The summed E-state index contributed by atoms with van der Waals surface area (Å²) in [5.74, 6) is -0.983. The molecule has 5 rings (SSSR count). The highest BCUT2D eigenvalue weighted by atomic mass is 19.4. The van der Waals surface area contributed by atoms with Gasteiger partial charge in [0.25, 0.3) is 11.5 Å². The Hall–Kier alpha value is -3.54. The van der Waals surface area contributed by atoms with Gasteiger partial charge in [0.2, 0.25) is 0 Å². The van der Waals surface area contributed by atoms with E-state index in [0.29, 0.717) is 19.7 Å². The fourth-order valence-electron chi connectivity index (χ4n) is 4.99. The number of alkyl halides is 3. The summed E-state index contributed by atoms with van der Waals surface area (Å²) in [6.07, 6.45) is -2.26. The van der Waals surface area contributed by atoms with Gasteiger partial charge in [-0.2, -0.15) is 13.2 Å². The lowest BCUT2D eigenvalue weighted by Crippen LogP contribution is -2.57. The Kier molecular flexibility index (Phi) is 6.17. The predicted octanol–water partition coefficient (Wildman–Crippen LogP) is 4.35. The van der Waals surface area contributed by atoms with Crippen LogP contribution >= 0.6 is 0 Å². The van der Waals surface area contributed by atoms with E-state index >= 15 is 4.39 Å². The van der Waals surface area contributed by atoms with Gasteiger partial charge < -0.3 is 19.9 Å². The molecule has 3 aromatic rings. The minimum atomic E-state index is -4.83. The average molecular weight is 519 g/mol. The molecule has 0 aliphatic carbocycles. The number of nitrogens with zero attached hydrogens (tertiary/aromatic N) is 3. The van der Waals surface area contributed by atoms with Crippen molar-refractivity contribution in [3.63, 3.8) is 0 Å². The van der Waals surface area contributed by atoms with Crippen LogP contribution in [0.3, 0.4) is 0 Å². The molecule has 2 aliphatic rings. The number of ether oxygens (including phenoxy) is 1. The minimum absolute atomic E-state index is 0.0920. The van der Waals surface area contributed by atoms with E-state index in [1.165, 1.54) is 26.0 Å². The van der Waals surface area contributed by atoms with Crippen LogP contribution in [-0.2, 0) is 10.9 Å². The number of halogens is 4. The zero-order chi connectivity index (χ0) is 26.5. The first kappa shape index (κ1) is 25.1. The molecule has 2 fully saturated rings. The topological polar surface area (TPSA) is 100 Å². The summed E-state index contributed by atoms with van der Waals surface area (Å²) in [4.78, 5) is 36.9. The molecule has 1 amide bonds. The van der Waals surface area contributed by atoms with Crippen LogP contribution in [0, 0.1) is 12.7 Å². The van der Waals surface area contributed by atoms with Crippen LogP contribution in [0.5, 0.6) is 0 Å². The monoisotopic (exact) mass is 519 g/mol. The molecule has 4 heterocycles. The molecule has 1 aromatic carbocycles. The van der Waals surface area contributed by atoms with E-state index in [9.17, 15) is 22.8 Å². The molecule has 2 N–H and O–H groups in total. The van der Waals surface area contributed by atoms with Crippen molar-refractivity contribution < 1.29 is 27.1 Å². The number of fused-ring (bicyclic) bond motifs is 1. The van der Waals surface area contributed by atoms with E-state index in [1.807, 2.05) is 0 Å². The summed E-state index contributed by atoms with van der Waals surface area (Å²) in [5.41, 5.74) is -2.77. The summed E-state index contributed by atoms with van der Waals surface area (Å²) in [6.45, 7) is 4.51. The number of benzene rings is 1. The minimum Gasteiger partial charge on any atom is -0.376 e. The fraction of sp³-hybridized carbons (Fsp3) is 0.440. The van der Waals surface area contributed by atoms with Gasteiger partial charge in [0.1, 0.15) is 11.6 Å². The summed E-state index contributed by atoms with van der Waals surface area (Å²) >= 11 is 0. The number of carbonyl (C=O) groups excluding carboxylic acids is 1. The fourth-order valence-corrected chi connectivity index (χ4v) is 4.99. The summed E-state index contributed by atoms with van der Waals surface area (Å²) in [6, 6.07) is 3.81. The number of aromatic nitrogens is 3. The molecule has 1 spiro atoms. The Morgan fingerprint density at radius 1 is 1.24 bits per heavy atom. The Morgan fingerprint density at radius 2 is 2.00 bits per heavy atom. The lowest BCUT2D eigenvalue weighted by Gasteiger charge is -2.48. The van der Waals surface area contributed by atoms with Gasteiger partial charge in [-0.1, -0.05) is 0 Å². The lowest BCUT2D eigenvalue weighted by atomic mass is 9.85. The standard InChI is InChI=1S/C25H25F4N5O3/c1-13(16-11-17-21(31-14(2)32-22(17)35)33-20(16)25(27,28)29)30-19-5-4-15(10-18(19)26)23(36)34-8-3-6-24(12-34)7-9-37-24/h4-5,10-11,13,30H,3,6-9,12H2,1-2H3,(H,31,32,33,35). The van der Waals surface area contributed by atoms with Crippen LogP contribution in [0.15, 0.2) is 29.1 Å². The molecule has 8 nitrogen and oxygen atoms in total. The number of aromatic amines is 1. The highest BCUT2D eigenvalue weighted by molar-refractivity contribution is 5.94. The molecule has 2 aromatic heterocycles. The largest absolute Gasteiger partial charge is 0.433 e. The maximum absolute atomic E-state index is 15.0. The van der Waals surface area contributed by atoms with Crippen molar-refractivity contribution in [1.82, 2.24) is 19.9 Å². The van der Waals surface area contributed by atoms with Crippen molar-refractivity contribution in [2.75, 3.05) is 25.0 Å². The molecule has 37 heavy (non-hydrogen) atoms. The van der Waals surface area contributed by atoms with E-state index < -0.39 is 29.3 Å². The van der Waals surface area contributed by atoms with E-state index in [2.05, 4.69) is 20.3 Å². The first-order chi connectivity index (χ1) is 17.5. The van der Waals surface area contributed by atoms with Crippen molar-refractivity contribution >= 4 is 22.6 Å². The number of amides is 1. The van der Waals surface area contributed by atoms with Crippen LogP contribution in [0.1, 0.15) is 59.7 Å². The highest BCUT2D eigenvalue weighted by Crippen LogP contribution is 2.37. The molecular formula is C25H25F4N5O3. The van der Waals surface area contributed by atoms with Gasteiger partial charge in [-0.15, -0.1) is 0 Å². The maximum Gasteiger partial charge on any atom is 0.433 e. The number of carbonyl (C=O) groups is 1. The maximum atomic E-state index is 15.0. The molecule has 196 valence electrons. The van der Waals surface area contributed by atoms with Gasteiger partial charge in [-0.25, -0.2) is 14.4 Å². The number of pyridine rings is 1. The van der Waals surface area contributed by atoms with Gasteiger partial charge in [0.15, 0.2) is 11.3 Å². The Balaban J connectivity index is 1.41. The predicted molar refractivity (Wildman–Crippen MR) is 127 cm³/mol. The second-order valence-electron chi connectivity index (χ2n) is 9.62. The van der Waals surface area contributed by atoms with E-state index in [1.54, 1.807) is 4.90 Å².